The van der Waals surface area contributed by atoms with Crippen LogP contribution in [0.2, 0.25) is 0 Å². The molecule has 0 saturated carbocycles. The summed E-state index contributed by atoms with van der Waals surface area (Å²) < 4.78 is 11.2. The zero-order valence-corrected chi connectivity index (χ0v) is 15.7. The molecule has 0 aliphatic rings. The Morgan fingerprint density at radius 3 is 2.65 bits per heavy atom. The van der Waals surface area contributed by atoms with Gasteiger partial charge < -0.3 is 14.8 Å². The van der Waals surface area contributed by atoms with Crippen molar-refractivity contribution in [1.29, 1.82) is 0 Å². The molecule has 4 nitrogen and oxygen atoms in total. The van der Waals surface area contributed by atoms with Gasteiger partial charge in [-0.05, 0) is 48.7 Å². The third-order valence-corrected chi connectivity index (χ3v) is 4.02. The monoisotopic (exact) mass is 353 g/mol. The molecule has 26 heavy (non-hydrogen) atoms. The second kappa shape index (κ2) is 10.3. The normalized spacial score (nSPS) is 10.7. The highest BCUT2D eigenvalue weighted by molar-refractivity contribution is 6.02. The molecule has 2 rings (SSSR count). The van der Waals surface area contributed by atoms with Crippen LogP contribution in [0.1, 0.15) is 37.3 Å². The van der Waals surface area contributed by atoms with Gasteiger partial charge in [-0.3, -0.25) is 4.79 Å². The first-order chi connectivity index (χ1) is 12.6. The van der Waals surface area contributed by atoms with Gasteiger partial charge in [0.15, 0.2) is 11.5 Å². The molecule has 138 valence electrons. The summed E-state index contributed by atoms with van der Waals surface area (Å²) in [6.07, 6.45) is 6.62. The Labute approximate surface area is 155 Å². The van der Waals surface area contributed by atoms with Gasteiger partial charge in [0.05, 0.1) is 13.7 Å². The molecule has 0 aromatic heterocycles. The number of ether oxygens (including phenoxy) is 2. The average Bonchev–Trinajstić information content (AvgIpc) is 2.66. The Kier molecular flexibility index (Phi) is 7.75. The van der Waals surface area contributed by atoms with E-state index in [-0.39, 0.29) is 5.91 Å². The van der Waals surface area contributed by atoms with Gasteiger partial charge in [0.1, 0.15) is 0 Å². The molecular weight excluding hydrogens is 326 g/mol. The summed E-state index contributed by atoms with van der Waals surface area (Å²) in [5, 5.41) is 2.88. The van der Waals surface area contributed by atoms with Crippen molar-refractivity contribution in [2.45, 2.75) is 33.1 Å². The minimum Gasteiger partial charge on any atom is -0.493 e. The number of anilines is 1. The van der Waals surface area contributed by atoms with Crippen LogP contribution in [-0.4, -0.2) is 19.6 Å². The van der Waals surface area contributed by atoms with Crippen molar-refractivity contribution in [3.8, 4) is 11.5 Å². The number of carbonyl (C=O) groups is 1. The molecule has 0 saturated heterocycles. The molecule has 0 unspecified atom stereocenters. The van der Waals surface area contributed by atoms with Crippen LogP contribution in [0.4, 0.5) is 5.69 Å². The van der Waals surface area contributed by atoms with Crippen LogP contribution in [0, 0.1) is 6.92 Å². The van der Waals surface area contributed by atoms with Gasteiger partial charge in [-0.25, -0.2) is 0 Å². The number of methoxy groups -OCH3 is 1. The fourth-order valence-electron chi connectivity index (χ4n) is 2.50. The summed E-state index contributed by atoms with van der Waals surface area (Å²) in [5.74, 6) is 1.23. The van der Waals surface area contributed by atoms with E-state index in [0.717, 1.165) is 41.8 Å². The topological polar surface area (TPSA) is 47.6 Å². The van der Waals surface area contributed by atoms with Gasteiger partial charge in [0.25, 0.3) is 0 Å². The van der Waals surface area contributed by atoms with Crippen LogP contribution in [0.25, 0.3) is 6.08 Å². The zero-order chi connectivity index (χ0) is 18.8. The van der Waals surface area contributed by atoms with Gasteiger partial charge in [0.2, 0.25) is 5.91 Å². The first-order valence-corrected chi connectivity index (χ1v) is 8.99. The predicted octanol–water partition coefficient (Wildman–Crippen LogP) is 5.22. The first-order valence-electron chi connectivity index (χ1n) is 8.99. The van der Waals surface area contributed by atoms with Crippen molar-refractivity contribution < 1.29 is 14.3 Å². The van der Waals surface area contributed by atoms with E-state index in [2.05, 4.69) is 12.2 Å². The molecule has 2 aromatic rings. The molecular formula is C22H27NO3. The van der Waals surface area contributed by atoms with E-state index < -0.39 is 0 Å². The van der Waals surface area contributed by atoms with E-state index in [0.29, 0.717) is 12.4 Å². The van der Waals surface area contributed by atoms with E-state index in [1.807, 2.05) is 49.4 Å². The quantitative estimate of drug-likeness (QED) is 0.496. The number of para-hydroxylation sites is 1. The van der Waals surface area contributed by atoms with E-state index in [1.54, 1.807) is 13.2 Å². The smallest absolute Gasteiger partial charge is 0.248 e. The maximum Gasteiger partial charge on any atom is 0.248 e. The molecule has 2 aromatic carbocycles. The van der Waals surface area contributed by atoms with Gasteiger partial charge in [0, 0.05) is 11.8 Å². The molecule has 0 spiro atoms. The summed E-state index contributed by atoms with van der Waals surface area (Å²) in [4.78, 5) is 12.1. The van der Waals surface area contributed by atoms with Crippen LogP contribution in [-0.2, 0) is 4.79 Å². The number of nitrogens with one attached hydrogen (secondary N) is 1. The van der Waals surface area contributed by atoms with Crippen LogP contribution in [0.5, 0.6) is 11.5 Å². The van der Waals surface area contributed by atoms with Crippen LogP contribution in [0.3, 0.4) is 0 Å². The number of hydrogen-bond acceptors (Lipinski definition) is 3. The van der Waals surface area contributed by atoms with Crippen LogP contribution >= 0.6 is 0 Å². The highest BCUT2D eigenvalue weighted by Gasteiger charge is 2.05. The summed E-state index contributed by atoms with van der Waals surface area (Å²) in [6.45, 7) is 4.80. The maximum absolute atomic E-state index is 12.1. The summed E-state index contributed by atoms with van der Waals surface area (Å²) in [7, 11) is 1.62. The van der Waals surface area contributed by atoms with Crippen molar-refractivity contribution in [1.82, 2.24) is 0 Å². The number of carbonyl (C=O) groups excluding carboxylic acids is 1. The fourth-order valence-corrected chi connectivity index (χ4v) is 2.50. The lowest BCUT2D eigenvalue weighted by atomic mass is 10.1. The number of hydrogen-bond donors (Lipinski definition) is 1. The number of amides is 1. The van der Waals surface area contributed by atoms with Crippen molar-refractivity contribution in [3.63, 3.8) is 0 Å². The van der Waals surface area contributed by atoms with Crippen molar-refractivity contribution in [2.75, 3.05) is 19.0 Å². The van der Waals surface area contributed by atoms with Crippen molar-refractivity contribution >= 4 is 17.7 Å². The lowest BCUT2D eigenvalue weighted by Gasteiger charge is -2.11. The molecule has 0 heterocycles. The summed E-state index contributed by atoms with van der Waals surface area (Å²) in [6, 6.07) is 13.3. The molecule has 0 bridgehead atoms. The third-order valence-electron chi connectivity index (χ3n) is 4.02. The fraction of sp³-hybridized carbons (Fsp3) is 0.318. The van der Waals surface area contributed by atoms with Gasteiger partial charge in [-0.2, -0.15) is 0 Å². The maximum atomic E-state index is 12.1. The largest absolute Gasteiger partial charge is 0.493 e. The number of benzene rings is 2. The van der Waals surface area contributed by atoms with E-state index >= 15 is 0 Å². The summed E-state index contributed by atoms with van der Waals surface area (Å²) in [5.41, 5.74) is 2.72. The molecule has 1 amide bonds. The number of unbranched alkanes of at least 4 members (excludes halogenated alkanes) is 2. The Balaban J connectivity index is 1.98. The SMILES string of the molecule is CCCCCOc1ccc(C=CC(=O)Nc2ccccc2C)cc1OC. The first kappa shape index (κ1) is 19.6. The highest BCUT2D eigenvalue weighted by atomic mass is 16.5. The van der Waals surface area contributed by atoms with Gasteiger partial charge >= 0.3 is 0 Å². The molecule has 4 heteroatoms. The molecule has 0 radical (unpaired) electrons. The Morgan fingerprint density at radius 2 is 1.92 bits per heavy atom. The van der Waals surface area contributed by atoms with Crippen LogP contribution in [0.15, 0.2) is 48.5 Å². The second-order valence-corrected chi connectivity index (χ2v) is 6.10. The van der Waals surface area contributed by atoms with Crippen LogP contribution < -0.4 is 14.8 Å². The molecule has 0 aliphatic carbocycles. The minimum absolute atomic E-state index is 0.168. The lowest BCUT2D eigenvalue weighted by molar-refractivity contribution is -0.111. The Hall–Kier alpha value is -2.75. The molecule has 0 atom stereocenters. The average molecular weight is 353 g/mol. The highest BCUT2D eigenvalue weighted by Crippen LogP contribution is 2.28. The molecule has 1 N–H and O–H groups in total. The predicted molar refractivity (Wildman–Crippen MR) is 107 cm³/mol. The Morgan fingerprint density at radius 1 is 1.12 bits per heavy atom. The van der Waals surface area contributed by atoms with E-state index in [4.69, 9.17) is 9.47 Å². The minimum atomic E-state index is -0.168. The zero-order valence-electron chi connectivity index (χ0n) is 15.7. The van der Waals surface area contributed by atoms with Gasteiger partial charge in [-0.1, -0.05) is 44.0 Å². The number of aryl methyl sites for hydroxylation is 1. The summed E-state index contributed by atoms with van der Waals surface area (Å²) >= 11 is 0. The molecule has 0 fully saturated rings. The lowest BCUT2D eigenvalue weighted by Crippen LogP contribution is -2.08. The Bertz CT molecular complexity index is 753. The van der Waals surface area contributed by atoms with E-state index in [1.165, 1.54) is 6.08 Å². The third kappa shape index (κ3) is 5.96. The second-order valence-electron chi connectivity index (χ2n) is 6.10. The standard InChI is InChI=1S/C22H27NO3/c1-4-5-8-15-26-20-13-11-18(16-21(20)25-3)12-14-22(24)23-19-10-7-6-9-17(19)2/h6-7,9-14,16H,4-5,8,15H2,1-3H3,(H,23,24). The molecule has 0 aliphatic heterocycles. The van der Waals surface area contributed by atoms with Crippen molar-refractivity contribution in [2.24, 2.45) is 0 Å². The van der Waals surface area contributed by atoms with E-state index in [9.17, 15) is 4.79 Å². The number of rotatable bonds is 9. The van der Waals surface area contributed by atoms with Crippen molar-refractivity contribution in [3.05, 3.63) is 59.7 Å². The van der Waals surface area contributed by atoms with Gasteiger partial charge in [-0.15, -0.1) is 0 Å².